The topological polar surface area (TPSA) is 55.4 Å². The second-order valence-corrected chi connectivity index (χ2v) is 3.94. The standard InChI is InChI=1S/C15H21NO3/c1-4-5-15(18)19-13-8-6-12(7-9-13)10-14(16-3)11(2)17/h6-9,14,16H,4-5,10H2,1-3H3/i1D3,4D2,5D2. The number of nitrogens with one attached hydrogen (secondary N) is 1. The molecule has 0 fully saturated rings. The number of hydrogen-bond donors (Lipinski definition) is 1. The van der Waals surface area contributed by atoms with E-state index in [1.54, 1.807) is 19.2 Å². The third-order valence-electron chi connectivity index (χ3n) is 2.58. The van der Waals surface area contributed by atoms with Gasteiger partial charge in [-0.2, -0.15) is 0 Å². The Labute approximate surface area is 124 Å². The summed E-state index contributed by atoms with van der Waals surface area (Å²) in [6, 6.07) is 5.50. The molecule has 0 aliphatic heterocycles. The number of esters is 1. The molecule has 1 atom stereocenters. The summed E-state index contributed by atoms with van der Waals surface area (Å²) in [7, 11) is 1.66. The highest BCUT2D eigenvalue weighted by Crippen LogP contribution is 2.14. The molecule has 1 unspecified atom stereocenters. The summed E-state index contributed by atoms with van der Waals surface area (Å²) in [6.45, 7) is -1.88. The molecule has 0 spiro atoms. The smallest absolute Gasteiger partial charge is 0.311 e. The highest BCUT2D eigenvalue weighted by Gasteiger charge is 2.12. The molecule has 0 amide bonds. The van der Waals surface area contributed by atoms with E-state index in [1.165, 1.54) is 19.1 Å². The fraction of sp³-hybridized carbons (Fsp3) is 0.467. The molecule has 0 aliphatic carbocycles. The van der Waals surface area contributed by atoms with Gasteiger partial charge in [-0.05, 0) is 44.5 Å². The minimum absolute atomic E-state index is 0.0388. The van der Waals surface area contributed by atoms with Crippen molar-refractivity contribution >= 4 is 11.8 Å². The summed E-state index contributed by atoms with van der Waals surface area (Å²) in [5.41, 5.74) is 0.764. The summed E-state index contributed by atoms with van der Waals surface area (Å²) < 4.78 is 56.1. The van der Waals surface area contributed by atoms with Crippen molar-refractivity contribution in [3.63, 3.8) is 0 Å². The Hall–Kier alpha value is -1.68. The zero-order valence-electron chi connectivity index (χ0n) is 17.8. The molecule has 0 saturated heterocycles. The quantitative estimate of drug-likeness (QED) is 0.609. The van der Waals surface area contributed by atoms with Crippen LogP contribution in [0, 0.1) is 0 Å². The number of hydrogen-bond acceptors (Lipinski definition) is 4. The average molecular weight is 270 g/mol. The van der Waals surface area contributed by atoms with Crippen molar-refractivity contribution in [3.8, 4) is 5.75 Å². The molecule has 104 valence electrons. The van der Waals surface area contributed by atoms with E-state index in [0.29, 0.717) is 6.42 Å². The summed E-state index contributed by atoms with van der Waals surface area (Å²) in [4.78, 5) is 23.4. The molecular formula is C15H21NO3. The Morgan fingerprint density at radius 1 is 1.42 bits per heavy atom. The number of carbonyl (C=O) groups excluding carboxylic acids is 2. The van der Waals surface area contributed by atoms with Gasteiger partial charge in [0.25, 0.3) is 0 Å². The van der Waals surface area contributed by atoms with Crippen LogP contribution in [0.3, 0.4) is 0 Å². The second kappa shape index (κ2) is 7.69. The van der Waals surface area contributed by atoms with E-state index in [4.69, 9.17) is 14.3 Å². The van der Waals surface area contributed by atoms with Gasteiger partial charge in [-0.1, -0.05) is 19.0 Å². The van der Waals surface area contributed by atoms with E-state index in [2.05, 4.69) is 5.32 Å². The number of benzene rings is 1. The third-order valence-corrected chi connectivity index (χ3v) is 2.58. The summed E-state index contributed by atoms with van der Waals surface area (Å²) >= 11 is 0. The minimum Gasteiger partial charge on any atom is -0.427 e. The van der Waals surface area contributed by atoms with Crippen LogP contribution in [-0.2, 0) is 16.0 Å². The largest absolute Gasteiger partial charge is 0.427 e. The fourth-order valence-corrected chi connectivity index (χ4v) is 1.56. The first kappa shape index (κ1) is 7.80. The fourth-order valence-electron chi connectivity index (χ4n) is 1.56. The van der Waals surface area contributed by atoms with Gasteiger partial charge in [-0.3, -0.25) is 9.59 Å². The van der Waals surface area contributed by atoms with Gasteiger partial charge in [0, 0.05) is 16.0 Å². The van der Waals surface area contributed by atoms with E-state index < -0.39 is 25.6 Å². The number of likely N-dealkylation sites (N-methyl/N-ethyl adjacent to an activating group) is 1. The van der Waals surface area contributed by atoms with Gasteiger partial charge in [-0.25, -0.2) is 0 Å². The predicted octanol–water partition coefficient (Wildman–Crippen LogP) is 2.11. The van der Waals surface area contributed by atoms with Gasteiger partial charge in [-0.15, -0.1) is 0 Å². The molecule has 1 rings (SSSR count). The molecule has 0 radical (unpaired) electrons. The van der Waals surface area contributed by atoms with Crippen molar-refractivity contribution in [1.29, 1.82) is 0 Å². The number of ketones is 1. The molecular weight excluding hydrogens is 242 g/mol. The van der Waals surface area contributed by atoms with E-state index >= 15 is 0 Å². The lowest BCUT2D eigenvalue weighted by atomic mass is 10.0. The van der Waals surface area contributed by atoms with Crippen LogP contribution in [0.25, 0.3) is 0 Å². The molecule has 4 heteroatoms. The maximum atomic E-state index is 12.0. The van der Waals surface area contributed by atoms with Gasteiger partial charge in [0.05, 0.1) is 6.04 Å². The SMILES string of the molecule is [2H]C([2H])([2H])C([2H])([2H])C([2H])([2H])C(=O)Oc1ccc(CC(NC)C(C)=O)cc1. The lowest BCUT2D eigenvalue weighted by Gasteiger charge is -2.12. The van der Waals surface area contributed by atoms with Crippen molar-refractivity contribution in [2.75, 3.05) is 7.05 Å². The third kappa shape index (κ3) is 5.22. The molecule has 0 aromatic heterocycles. The van der Waals surface area contributed by atoms with Gasteiger partial charge in [0.2, 0.25) is 0 Å². The average Bonchev–Trinajstić information content (AvgIpc) is 2.52. The van der Waals surface area contributed by atoms with Crippen molar-refractivity contribution < 1.29 is 23.9 Å². The van der Waals surface area contributed by atoms with E-state index in [0.717, 1.165) is 5.56 Å². The maximum Gasteiger partial charge on any atom is 0.311 e. The van der Waals surface area contributed by atoms with Crippen LogP contribution in [0.4, 0.5) is 0 Å². The summed E-state index contributed by atoms with van der Waals surface area (Å²) in [5, 5.41) is 2.87. The first-order chi connectivity index (χ1) is 11.7. The van der Waals surface area contributed by atoms with Crippen molar-refractivity contribution in [1.82, 2.24) is 5.32 Å². The van der Waals surface area contributed by atoms with Crippen LogP contribution in [0.1, 0.15) is 41.7 Å². The number of rotatable bonds is 7. The monoisotopic (exact) mass is 270 g/mol. The first-order valence-corrected chi connectivity index (χ1v) is 5.73. The molecule has 0 aliphatic rings. The number of Topliss-reactive ketones (excluding diaryl/α,β-unsaturated/α-hetero) is 1. The lowest BCUT2D eigenvalue weighted by Crippen LogP contribution is -2.34. The van der Waals surface area contributed by atoms with Crippen molar-refractivity contribution in [2.24, 2.45) is 0 Å². The van der Waals surface area contributed by atoms with Crippen molar-refractivity contribution in [2.45, 2.75) is 39.0 Å². The Kier molecular flexibility index (Phi) is 3.16. The molecule has 0 heterocycles. The molecule has 4 nitrogen and oxygen atoms in total. The maximum absolute atomic E-state index is 12.0. The first-order valence-electron chi connectivity index (χ1n) is 9.23. The number of carbonyl (C=O) groups is 2. The Bertz CT molecular complexity index is 656. The van der Waals surface area contributed by atoms with E-state index in [9.17, 15) is 9.59 Å². The molecule has 1 N–H and O–H groups in total. The van der Waals surface area contributed by atoms with Crippen molar-refractivity contribution in [3.05, 3.63) is 29.8 Å². The highest BCUT2D eigenvalue weighted by atomic mass is 16.5. The zero-order valence-corrected chi connectivity index (χ0v) is 10.8. The van der Waals surface area contributed by atoms with Crippen LogP contribution in [0.5, 0.6) is 5.75 Å². The van der Waals surface area contributed by atoms with Gasteiger partial charge < -0.3 is 10.1 Å². The van der Waals surface area contributed by atoms with Crippen LogP contribution in [0.15, 0.2) is 24.3 Å². The zero-order chi connectivity index (χ0) is 20.3. The van der Waals surface area contributed by atoms with Crippen LogP contribution >= 0.6 is 0 Å². The Morgan fingerprint density at radius 2 is 2.11 bits per heavy atom. The predicted molar refractivity (Wildman–Crippen MR) is 74.2 cm³/mol. The molecule has 0 saturated carbocycles. The molecule has 1 aromatic rings. The number of ether oxygens (including phenoxy) is 1. The highest BCUT2D eigenvalue weighted by molar-refractivity contribution is 5.81. The van der Waals surface area contributed by atoms with Gasteiger partial charge in [0.15, 0.2) is 0 Å². The molecule has 1 aromatic carbocycles. The minimum atomic E-state index is -3.42. The normalized spacial score (nSPS) is 19.6. The van der Waals surface area contributed by atoms with Gasteiger partial charge in [0.1, 0.15) is 11.5 Å². The van der Waals surface area contributed by atoms with Crippen LogP contribution in [0.2, 0.25) is 0 Å². The van der Waals surface area contributed by atoms with Crippen LogP contribution in [-0.4, -0.2) is 24.8 Å². The summed E-state index contributed by atoms with van der Waals surface area (Å²) in [6.07, 6.45) is -6.39. The van der Waals surface area contributed by atoms with Crippen LogP contribution < -0.4 is 10.1 Å². The van der Waals surface area contributed by atoms with Gasteiger partial charge >= 0.3 is 5.97 Å². The lowest BCUT2D eigenvalue weighted by molar-refractivity contribution is -0.134. The second-order valence-electron chi connectivity index (χ2n) is 3.94. The molecule has 0 bridgehead atoms. The Balaban J connectivity index is 2.89. The van der Waals surface area contributed by atoms with E-state index in [1.807, 2.05) is 0 Å². The Morgan fingerprint density at radius 3 is 2.63 bits per heavy atom. The summed E-state index contributed by atoms with van der Waals surface area (Å²) in [5.74, 6) is -1.74. The van der Waals surface area contributed by atoms with E-state index in [-0.39, 0.29) is 17.6 Å². The molecule has 19 heavy (non-hydrogen) atoms.